The van der Waals surface area contributed by atoms with Crippen LogP contribution in [0.2, 0.25) is 0 Å². The SMILES string of the molecule is C=C(C(C=NC)=NC)c1cc(C)ccc1N.CCCCNCCCC. The summed E-state index contributed by atoms with van der Waals surface area (Å²) >= 11 is 0. The lowest BCUT2D eigenvalue weighted by Gasteiger charge is -2.09. The van der Waals surface area contributed by atoms with Gasteiger partial charge in [-0.3, -0.25) is 9.98 Å². The van der Waals surface area contributed by atoms with Gasteiger partial charge in [-0.2, -0.15) is 0 Å². The highest BCUT2D eigenvalue weighted by atomic mass is 14.8. The van der Waals surface area contributed by atoms with Crippen molar-refractivity contribution < 1.29 is 0 Å². The summed E-state index contributed by atoms with van der Waals surface area (Å²) in [5.41, 5.74) is 10.2. The first-order chi connectivity index (χ1) is 12.0. The van der Waals surface area contributed by atoms with Gasteiger partial charge in [-0.05, 0) is 45.0 Å². The lowest BCUT2D eigenvalue weighted by Crippen LogP contribution is -2.15. The molecule has 0 heterocycles. The number of nitrogens with one attached hydrogen (secondary N) is 1. The van der Waals surface area contributed by atoms with E-state index in [-0.39, 0.29) is 0 Å². The smallest absolute Gasteiger partial charge is 0.0822 e. The third-order valence-corrected chi connectivity index (χ3v) is 3.75. The number of rotatable bonds is 9. The lowest BCUT2D eigenvalue weighted by atomic mass is 9.99. The first kappa shape index (κ1) is 23.1. The number of allylic oxidation sites excluding steroid dienone is 1. The van der Waals surface area contributed by atoms with Gasteiger partial charge in [-0.1, -0.05) is 44.9 Å². The molecule has 1 aromatic carbocycles. The molecule has 0 bridgehead atoms. The first-order valence-corrected chi connectivity index (χ1v) is 9.17. The van der Waals surface area contributed by atoms with Crippen molar-refractivity contribution in [2.24, 2.45) is 9.98 Å². The maximum Gasteiger partial charge on any atom is 0.0822 e. The summed E-state index contributed by atoms with van der Waals surface area (Å²) < 4.78 is 0. The molecule has 0 fully saturated rings. The zero-order valence-electron chi connectivity index (χ0n) is 16.7. The highest BCUT2D eigenvalue weighted by molar-refractivity contribution is 6.50. The third-order valence-electron chi connectivity index (χ3n) is 3.75. The molecule has 1 rings (SSSR count). The molecule has 0 amide bonds. The zero-order chi connectivity index (χ0) is 19.1. The first-order valence-electron chi connectivity index (χ1n) is 9.17. The molecule has 0 atom stereocenters. The number of hydrogen-bond acceptors (Lipinski definition) is 4. The monoisotopic (exact) mass is 344 g/mol. The molecule has 3 N–H and O–H groups in total. The Morgan fingerprint density at radius 3 is 2.24 bits per heavy atom. The van der Waals surface area contributed by atoms with Crippen molar-refractivity contribution in [2.45, 2.75) is 46.5 Å². The Labute approximate surface area is 154 Å². The van der Waals surface area contributed by atoms with E-state index in [0.29, 0.717) is 5.69 Å². The van der Waals surface area contributed by atoms with Crippen LogP contribution in [0.5, 0.6) is 0 Å². The van der Waals surface area contributed by atoms with Crippen LogP contribution in [0.25, 0.3) is 5.57 Å². The minimum absolute atomic E-state index is 0.709. The summed E-state index contributed by atoms with van der Waals surface area (Å²) in [4.78, 5) is 8.09. The summed E-state index contributed by atoms with van der Waals surface area (Å²) in [6.07, 6.45) is 6.94. The van der Waals surface area contributed by atoms with Gasteiger partial charge in [0.15, 0.2) is 0 Å². The van der Waals surface area contributed by atoms with Crippen LogP contribution in [-0.4, -0.2) is 39.1 Å². The molecule has 140 valence electrons. The van der Waals surface area contributed by atoms with E-state index in [1.54, 1.807) is 20.3 Å². The van der Waals surface area contributed by atoms with Crippen LogP contribution in [0.4, 0.5) is 5.69 Å². The molecule has 0 saturated heterocycles. The van der Waals surface area contributed by atoms with Crippen molar-refractivity contribution in [3.8, 4) is 0 Å². The Balaban J connectivity index is 0.000000547. The van der Waals surface area contributed by atoms with Gasteiger partial charge in [0.1, 0.15) is 0 Å². The Kier molecular flexibility index (Phi) is 13.3. The predicted molar refractivity (Wildman–Crippen MR) is 115 cm³/mol. The lowest BCUT2D eigenvalue weighted by molar-refractivity contribution is 0.611. The second-order valence-corrected chi connectivity index (χ2v) is 6.02. The molecule has 1 aromatic rings. The van der Waals surface area contributed by atoms with Crippen molar-refractivity contribution >= 4 is 23.2 Å². The van der Waals surface area contributed by atoms with Crippen molar-refractivity contribution in [3.63, 3.8) is 0 Å². The normalized spacial score (nSPS) is 11.3. The van der Waals surface area contributed by atoms with Crippen LogP contribution >= 0.6 is 0 Å². The molecule has 0 saturated carbocycles. The fraction of sp³-hybridized carbons (Fsp3) is 0.524. The molecule has 0 radical (unpaired) electrons. The number of hydrogen-bond donors (Lipinski definition) is 2. The van der Waals surface area contributed by atoms with E-state index in [0.717, 1.165) is 22.4 Å². The molecular weight excluding hydrogens is 308 g/mol. The molecule has 0 aliphatic carbocycles. The summed E-state index contributed by atoms with van der Waals surface area (Å²) in [7, 11) is 3.42. The van der Waals surface area contributed by atoms with Crippen LogP contribution in [0, 0.1) is 6.92 Å². The maximum atomic E-state index is 5.92. The molecule has 0 aromatic heterocycles. The van der Waals surface area contributed by atoms with E-state index >= 15 is 0 Å². The maximum absolute atomic E-state index is 5.92. The Hall–Kier alpha value is -1.94. The summed E-state index contributed by atoms with van der Waals surface area (Å²) in [6, 6.07) is 5.86. The number of benzene rings is 1. The van der Waals surface area contributed by atoms with Crippen molar-refractivity contribution in [3.05, 3.63) is 35.9 Å². The third kappa shape index (κ3) is 9.82. The Morgan fingerprint density at radius 1 is 1.16 bits per heavy atom. The van der Waals surface area contributed by atoms with E-state index in [9.17, 15) is 0 Å². The molecule has 0 spiro atoms. The van der Waals surface area contributed by atoms with Crippen LogP contribution < -0.4 is 11.1 Å². The Bertz CT molecular complexity index is 553. The van der Waals surface area contributed by atoms with E-state index in [4.69, 9.17) is 5.73 Å². The van der Waals surface area contributed by atoms with E-state index in [2.05, 4.69) is 35.7 Å². The number of aliphatic imine (C=N–C) groups is 2. The number of nitrogen functional groups attached to an aromatic ring is 1. The molecule has 0 aliphatic rings. The molecule has 4 heteroatoms. The van der Waals surface area contributed by atoms with Crippen LogP contribution in [0.1, 0.15) is 50.7 Å². The minimum atomic E-state index is 0.709. The number of anilines is 1. The van der Waals surface area contributed by atoms with Gasteiger partial charge in [0.05, 0.1) is 5.71 Å². The van der Waals surface area contributed by atoms with E-state index in [1.165, 1.54) is 38.8 Å². The quantitative estimate of drug-likeness (QED) is 0.392. The number of aryl methyl sites for hydroxylation is 1. The van der Waals surface area contributed by atoms with E-state index < -0.39 is 0 Å². The number of nitrogens with zero attached hydrogens (tertiary/aromatic N) is 2. The molecule has 0 aliphatic heterocycles. The van der Waals surface area contributed by atoms with Crippen molar-refractivity contribution in [1.82, 2.24) is 5.32 Å². The van der Waals surface area contributed by atoms with Gasteiger partial charge in [-0.25, -0.2) is 0 Å². The fourth-order valence-electron chi connectivity index (χ4n) is 2.19. The average molecular weight is 345 g/mol. The molecular formula is C21H36N4. The second kappa shape index (κ2) is 14.4. The van der Waals surface area contributed by atoms with Gasteiger partial charge < -0.3 is 11.1 Å². The molecule has 25 heavy (non-hydrogen) atoms. The Morgan fingerprint density at radius 2 is 1.76 bits per heavy atom. The highest BCUT2D eigenvalue weighted by Gasteiger charge is 2.08. The largest absolute Gasteiger partial charge is 0.398 e. The second-order valence-electron chi connectivity index (χ2n) is 6.02. The number of nitrogens with two attached hydrogens (primary N) is 1. The standard InChI is InChI=1S/C13H17N3.C8H19N/c1-9-5-6-12(14)11(7-9)10(2)13(16-4)8-15-3;1-3-5-7-9-8-6-4-2/h5-8H,2,14H2,1,3-4H3;9H,3-8H2,1-2H3. The van der Waals surface area contributed by atoms with Gasteiger partial charge >= 0.3 is 0 Å². The van der Waals surface area contributed by atoms with Gasteiger partial charge in [0, 0.05) is 37.1 Å². The molecule has 0 unspecified atom stereocenters. The van der Waals surface area contributed by atoms with Gasteiger partial charge in [0.2, 0.25) is 0 Å². The predicted octanol–water partition coefficient (Wildman–Crippen LogP) is 4.54. The summed E-state index contributed by atoms with van der Waals surface area (Å²) in [6.45, 7) is 12.9. The summed E-state index contributed by atoms with van der Waals surface area (Å²) in [5.74, 6) is 0. The van der Waals surface area contributed by atoms with E-state index in [1.807, 2.05) is 25.1 Å². The van der Waals surface area contributed by atoms with Crippen molar-refractivity contribution in [2.75, 3.05) is 32.9 Å². The topological polar surface area (TPSA) is 62.8 Å². The highest BCUT2D eigenvalue weighted by Crippen LogP contribution is 2.22. The number of unbranched alkanes of at least 4 members (excludes halogenated alkanes) is 2. The van der Waals surface area contributed by atoms with Crippen LogP contribution in [-0.2, 0) is 0 Å². The molecule has 4 nitrogen and oxygen atoms in total. The van der Waals surface area contributed by atoms with Crippen molar-refractivity contribution in [1.29, 1.82) is 0 Å². The van der Waals surface area contributed by atoms with Crippen LogP contribution in [0.3, 0.4) is 0 Å². The fourth-order valence-corrected chi connectivity index (χ4v) is 2.19. The minimum Gasteiger partial charge on any atom is -0.398 e. The van der Waals surface area contributed by atoms with Crippen LogP contribution in [0.15, 0.2) is 34.8 Å². The summed E-state index contributed by atoms with van der Waals surface area (Å²) in [5, 5.41) is 3.39. The average Bonchev–Trinajstić information content (AvgIpc) is 2.61. The zero-order valence-corrected chi connectivity index (χ0v) is 16.7. The van der Waals surface area contributed by atoms with Gasteiger partial charge in [-0.15, -0.1) is 0 Å². The van der Waals surface area contributed by atoms with Gasteiger partial charge in [0.25, 0.3) is 0 Å².